The van der Waals surface area contributed by atoms with Crippen molar-refractivity contribution in [1.82, 2.24) is 15.1 Å². The molecule has 0 amide bonds. The van der Waals surface area contributed by atoms with Crippen molar-refractivity contribution in [3.05, 3.63) is 40.3 Å². The second kappa shape index (κ2) is 6.87. The fourth-order valence-corrected chi connectivity index (χ4v) is 3.14. The number of hydrogen-bond donors (Lipinski definition) is 1. The van der Waals surface area contributed by atoms with Crippen molar-refractivity contribution < 1.29 is 0 Å². The summed E-state index contributed by atoms with van der Waals surface area (Å²) >= 11 is 1.75. The predicted octanol–water partition coefficient (Wildman–Crippen LogP) is 3.81. The van der Waals surface area contributed by atoms with Crippen LogP contribution in [0.5, 0.6) is 0 Å². The van der Waals surface area contributed by atoms with Gasteiger partial charge in [-0.05, 0) is 48.3 Å². The highest BCUT2D eigenvalue weighted by Gasteiger charge is 2.13. The SMILES string of the molecule is CCC(CC)n1ccc(CC(NC)c2ccsc2)n1. The molecule has 0 bridgehead atoms. The van der Waals surface area contributed by atoms with Gasteiger partial charge in [-0.15, -0.1) is 0 Å². The second-order valence-corrected chi connectivity index (χ2v) is 5.64. The van der Waals surface area contributed by atoms with E-state index in [1.165, 1.54) is 5.56 Å². The standard InChI is InChI=1S/C15H23N3S/c1-4-14(5-2)18-8-6-13(17-18)10-15(16-3)12-7-9-19-11-12/h6-9,11,14-16H,4-5,10H2,1-3H3. The third-order valence-electron chi connectivity index (χ3n) is 3.69. The Kier molecular flexibility index (Phi) is 5.16. The average Bonchev–Trinajstić information content (AvgIpc) is 3.09. The minimum Gasteiger partial charge on any atom is -0.313 e. The van der Waals surface area contributed by atoms with Crippen molar-refractivity contribution in [3.63, 3.8) is 0 Å². The van der Waals surface area contributed by atoms with Crippen LogP contribution >= 0.6 is 11.3 Å². The maximum absolute atomic E-state index is 4.73. The molecule has 0 saturated heterocycles. The molecule has 0 radical (unpaired) electrons. The van der Waals surface area contributed by atoms with Gasteiger partial charge in [0.15, 0.2) is 0 Å². The number of rotatable bonds is 7. The van der Waals surface area contributed by atoms with E-state index in [0.29, 0.717) is 12.1 Å². The Bertz CT molecular complexity index is 471. The van der Waals surface area contributed by atoms with Gasteiger partial charge in [-0.3, -0.25) is 4.68 Å². The summed E-state index contributed by atoms with van der Waals surface area (Å²) in [4.78, 5) is 0. The van der Waals surface area contributed by atoms with Crippen LogP contribution in [0, 0.1) is 0 Å². The zero-order chi connectivity index (χ0) is 13.7. The quantitative estimate of drug-likeness (QED) is 0.834. The molecule has 0 aliphatic rings. The maximum Gasteiger partial charge on any atom is 0.0643 e. The lowest BCUT2D eigenvalue weighted by Crippen LogP contribution is -2.18. The lowest BCUT2D eigenvalue weighted by molar-refractivity contribution is 0.423. The number of hydrogen-bond acceptors (Lipinski definition) is 3. The highest BCUT2D eigenvalue weighted by molar-refractivity contribution is 7.07. The minimum atomic E-state index is 0.358. The lowest BCUT2D eigenvalue weighted by Gasteiger charge is -2.14. The van der Waals surface area contributed by atoms with Gasteiger partial charge in [0.25, 0.3) is 0 Å². The molecule has 0 aliphatic carbocycles. The van der Waals surface area contributed by atoms with Gasteiger partial charge in [0.1, 0.15) is 0 Å². The van der Waals surface area contributed by atoms with Crippen LogP contribution in [0.2, 0.25) is 0 Å². The van der Waals surface area contributed by atoms with Crippen molar-refractivity contribution in [1.29, 1.82) is 0 Å². The van der Waals surface area contributed by atoms with E-state index < -0.39 is 0 Å². The highest BCUT2D eigenvalue weighted by Crippen LogP contribution is 2.21. The molecule has 104 valence electrons. The van der Waals surface area contributed by atoms with Gasteiger partial charge >= 0.3 is 0 Å². The Morgan fingerprint density at radius 2 is 2.11 bits per heavy atom. The molecule has 2 heterocycles. The van der Waals surface area contributed by atoms with Crippen molar-refractivity contribution in [2.75, 3.05) is 7.05 Å². The number of nitrogens with zero attached hydrogens (tertiary/aromatic N) is 2. The third-order valence-corrected chi connectivity index (χ3v) is 4.39. The molecule has 2 aromatic rings. The van der Waals surface area contributed by atoms with Gasteiger partial charge in [0.05, 0.1) is 11.7 Å². The molecule has 2 rings (SSSR count). The smallest absolute Gasteiger partial charge is 0.0643 e. The van der Waals surface area contributed by atoms with Crippen molar-refractivity contribution in [2.24, 2.45) is 0 Å². The zero-order valence-electron chi connectivity index (χ0n) is 12.0. The first-order valence-corrected chi connectivity index (χ1v) is 7.96. The first kappa shape index (κ1) is 14.3. The number of thiophene rings is 1. The molecule has 4 heteroatoms. The Morgan fingerprint density at radius 3 is 2.68 bits per heavy atom. The lowest BCUT2D eigenvalue weighted by atomic mass is 10.1. The molecule has 1 unspecified atom stereocenters. The topological polar surface area (TPSA) is 29.9 Å². The summed E-state index contributed by atoms with van der Waals surface area (Å²) in [5.41, 5.74) is 2.52. The van der Waals surface area contributed by atoms with Gasteiger partial charge in [-0.1, -0.05) is 13.8 Å². The molecule has 2 aromatic heterocycles. The number of likely N-dealkylation sites (N-methyl/N-ethyl adjacent to an activating group) is 1. The molecular weight excluding hydrogens is 254 g/mol. The average molecular weight is 277 g/mol. The van der Waals surface area contributed by atoms with E-state index >= 15 is 0 Å². The zero-order valence-corrected chi connectivity index (χ0v) is 12.8. The molecule has 0 aromatic carbocycles. The van der Waals surface area contributed by atoms with Gasteiger partial charge in [0, 0.05) is 18.7 Å². The van der Waals surface area contributed by atoms with E-state index in [9.17, 15) is 0 Å². The Hall–Kier alpha value is -1.13. The van der Waals surface area contributed by atoms with Crippen LogP contribution in [-0.2, 0) is 6.42 Å². The third kappa shape index (κ3) is 3.45. The Balaban J connectivity index is 2.06. The molecule has 1 N–H and O–H groups in total. The molecule has 3 nitrogen and oxygen atoms in total. The Morgan fingerprint density at radius 1 is 1.32 bits per heavy atom. The van der Waals surface area contributed by atoms with E-state index in [0.717, 1.165) is 25.0 Å². The van der Waals surface area contributed by atoms with Crippen LogP contribution in [0.1, 0.15) is 50.0 Å². The summed E-state index contributed by atoms with van der Waals surface area (Å²) in [6, 6.07) is 5.22. The summed E-state index contributed by atoms with van der Waals surface area (Å²) < 4.78 is 2.12. The molecule has 0 spiro atoms. The van der Waals surface area contributed by atoms with Crippen LogP contribution in [0.15, 0.2) is 29.1 Å². The summed E-state index contributed by atoms with van der Waals surface area (Å²) in [6.07, 6.45) is 5.34. The monoisotopic (exact) mass is 277 g/mol. The van der Waals surface area contributed by atoms with E-state index in [4.69, 9.17) is 5.10 Å². The van der Waals surface area contributed by atoms with E-state index in [1.54, 1.807) is 11.3 Å². The van der Waals surface area contributed by atoms with E-state index in [-0.39, 0.29) is 0 Å². The van der Waals surface area contributed by atoms with Gasteiger partial charge in [-0.25, -0.2) is 0 Å². The summed E-state index contributed by atoms with van der Waals surface area (Å²) in [6.45, 7) is 4.44. The Labute approximate surface area is 119 Å². The van der Waals surface area contributed by atoms with Crippen molar-refractivity contribution in [2.45, 2.75) is 45.2 Å². The number of nitrogens with one attached hydrogen (secondary N) is 1. The normalized spacial score (nSPS) is 13.1. The fraction of sp³-hybridized carbons (Fsp3) is 0.533. The van der Waals surface area contributed by atoms with E-state index in [2.05, 4.69) is 52.9 Å². The molecule has 19 heavy (non-hydrogen) atoms. The molecule has 0 aliphatic heterocycles. The highest BCUT2D eigenvalue weighted by atomic mass is 32.1. The van der Waals surface area contributed by atoms with Gasteiger partial charge in [0.2, 0.25) is 0 Å². The first-order chi connectivity index (χ1) is 9.28. The maximum atomic E-state index is 4.73. The molecule has 0 fully saturated rings. The summed E-state index contributed by atoms with van der Waals surface area (Å²) in [5, 5.41) is 12.4. The summed E-state index contributed by atoms with van der Waals surface area (Å²) in [5.74, 6) is 0. The summed E-state index contributed by atoms with van der Waals surface area (Å²) in [7, 11) is 2.01. The predicted molar refractivity (Wildman–Crippen MR) is 81.7 cm³/mol. The van der Waals surface area contributed by atoms with Gasteiger partial charge < -0.3 is 5.32 Å². The minimum absolute atomic E-state index is 0.358. The van der Waals surface area contributed by atoms with Crippen molar-refractivity contribution in [3.8, 4) is 0 Å². The first-order valence-electron chi connectivity index (χ1n) is 7.01. The molecule has 1 atom stereocenters. The fourth-order valence-electron chi connectivity index (χ4n) is 2.42. The van der Waals surface area contributed by atoms with Crippen LogP contribution in [0.25, 0.3) is 0 Å². The largest absolute Gasteiger partial charge is 0.313 e. The van der Waals surface area contributed by atoms with Crippen LogP contribution in [-0.4, -0.2) is 16.8 Å². The second-order valence-electron chi connectivity index (χ2n) is 4.86. The van der Waals surface area contributed by atoms with Gasteiger partial charge in [-0.2, -0.15) is 16.4 Å². The number of aromatic nitrogens is 2. The molecular formula is C15H23N3S. The molecule has 0 saturated carbocycles. The van der Waals surface area contributed by atoms with E-state index in [1.807, 2.05) is 7.05 Å². The van der Waals surface area contributed by atoms with Crippen LogP contribution in [0.3, 0.4) is 0 Å². The van der Waals surface area contributed by atoms with Crippen LogP contribution < -0.4 is 5.32 Å². The van der Waals surface area contributed by atoms with Crippen LogP contribution in [0.4, 0.5) is 0 Å². The van der Waals surface area contributed by atoms with Crippen molar-refractivity contribution >= 4 is 11.3 Å².